The second kappa shape index (κ2) is 9.76. The van der Waals surface area contributed by atoms with Crippen LogP contribution in [-0.4, -0.2) is 66.4 Å². The number of amides is 1. The zero-order valence-electron chi connectivity index (χ0n) is 19.7. The number of hydrogen-bond acceptors (Lipinski definition) is 7. The molecule has 34 heavy (non-hydrogen) atoms. The summed E-state index contributed by atoms with van der Waals surface area (Å²) < 4.78 is 11.5. The van der Waals surface area contributed by atoms with Crippen LogP contribution in [0.25, 0.3) is 11.0 Å². The fourth-order valence-corrected chi connectivity index (χ4v) is 5.45. The zero-order valence-corrected chi connectivity index (χ0v) is 19.7. The number of carbonyl (C=O) groups excluding carboxylic acids is 1. The van der Waals surface area contributed by atoms with Crippen molar-refractivity contribution in [3.05, 3.63) is 39.2 Å². The molecule has 1 aromatic heterocycles. The number of benzene rings is 1. The summed E-state index contributed by atoms with van der Waals surface area (Å²) in [6, 6.07) is 3.82. The molecule has 3 aliphatic rings. The first-order chi connectivity index (χ1) is 16.3. The van der Waals surface area contributed by atoms with Crippen LogP contribution in [-0.2, 0) is 22.4 Å². The molecular weight excluding hydrogens is 440 g/mol. The van der Waals surface area contributed by atoms with Gasteiger partial charge in [-0.2, -0.15) is 0 Å². The van der Waals surface area contributed by atoms with Crippen LogP contribution in [0.3, 0.4) is 0 Å². The first-order valence-electron chi connectivity index (χ1n) is 11.8. The topological polar surface area (TPSA) is 129 Å². The maximum atomic E-state index is 12.8. The standard InChI is InChI=1S/C23H28N2O5.C2H4O2/c1-14-19(7-6-17-16-4-2-3-5-18(16)22(28)30-21(14)17)29-10-20(27)25-9-15-8-24-11-23(15,12-25)13-26;1-2(3)4/h6-7,15,24,26H,2-5,8-13H2,1H3;1H3,(H,3,4)/t15-,23+;/m0./s1. The average molecular weight is 473 g/mol. The minimum Gasteiger partial charge on any atom is -0.483 e. The molecule has 0 spiro atoms. The number of likely N-dealkylation sites (tertiary alicyclic amines) is 1. The van der Waals surface area contributed by atoms with Crippen molar-refractivity contribution in [2.45, 2.75) is 39.5 Å². The molecule has 1 aromatic carbocycles. The number of carboxylic acids is 1. The van der Waals surface area contributed by atoms with Crippen molar-refractivity contribution < 1.29 is 29.0 Å². The summed E-state index contributed by atoms with van der Waals surface area (Å²) in [6.07, 6.45) is 3.78. The summed E-state index contributed by atoms with van der Waals surface area (Å²) in [6.45, 7) is 5.75. The number of carboxylic acid groups (broad SMARTS) is 1. The van der Waals surface area contributed by atoms with Crippen molar-refractivity contribution in [2.24, 2.45) is 11.3 Å². The lowest BCUT2D eigenvalue weighted by atomic mass is 9.82. The molecule has 2 fully saturated rings. The van der Waals surface area contributed by atoms with Crippen molar-refractivity contribution in [2.75, 3.05) is 39.4 Å². The Balaban J connectivity index is 0.000000636. The molecule has 9 nitrogen and oxygen atoms in total. The Labute approximate surface area is 197 Å². The number of ether oxygens (including phenoxy) is 1. The van der Waals surface area contributed by atoms with Gasteiger partial charge in [0, 0.05) is 55.0 Å². The van der Waals surface area contributed by atoms with Crippen LogP contribution in [0.5, 0.6) is 5.75 Å². The van der Waals surface area contributed by atoms with Gasteiger partial charge in [0.1, 0.15) is 11.3 Å². The Morgan fingerprint density at radius 1 is 1.26 bits per heavy atom. The third-order valence-electron chi connectivity index (χ3n) is 7.29. The van der Waals surface area contributed by atoms with Crippen LogP contribution in [0, 0.1) is 18.3 Å². The Morgan fingerprint density at radius 3 is 2.65 bits per heavy atom. The molecule has 0 radical (unpaired) electrons. The van der Waals surface area contributed by atoms with Gasteiger partial charge in [0.05, 0.1) is 6.61 Å². The lowest BCUT2D eigenvalue weighted by molar-refractivity contribution is -0.134. The highest BCUT2D eigenvalue weighted by Crippen LogP contribution is 2.38. The number of aliphatic carboxylic acids is 1. The van der Waals surface area contributed by atoms with Crippen LogP contribution in [0.2, 0.25) is 0 Å². The Kier molecular flexibility index (Phi) is 6.95. The molecule has 3 heterocycles. The van der Waals surface area contributed by atoms with E-state index in [4.69, 9.17) is 19.1 Å². The predicted octanol–water partition coefficient (Wildman–Crippen LogP) is 1.49. The van der Waals surface area contributed by atoms with E-state index in [1.165, 1.54) is 0 Å². The first kappa shape index (κ1) is 24.2. The van der Waals surface area contributed by atoms with E-state index in [1.54, 1.807) is 4.90 Å². The van der Waals surface area contributed by atoms with E-state index in [9.17, 15) is 14.7 Å². The van der Waals surface area contributed by atoms with E-state index in [0.717, 1.165) is 67.8 Å². The third kappa shape index (κ3) is 4.54. The van der Waals surface area contributed by atoms with Gasteiger partial charge >= 0.3 is 5.63 Å². The van der Waals surface area contributed by atoms with Crippen molar-refractivity contribution in [1.29, 1.82) is 0 Å². The third-order valence-corrected chi connectivity index (χ3v) is 7.29. The van der Waals surface area contributed by atoms with Crippen LogP contribution in [0.1, 0.15) is 36.5 Å². The maximum Gasteiger partial charge on any atom is 0.339 e. The monoisotopic (exact) mass is 472 g/mol. The molecule has 3 N–H and O–H groups in total. The lowest BCUT2D eigenvalue weighted by Crippen LogP contribution is -2.39. The van der Waals surface area contributed by atoms with Gasteiger partial charge in [-0.1, -0.05) is 0 Å². The predicted molar refractivity (Wildman–Crippen MR) is 125 cm³/mol. The van der Waals surface area contributed by atoms with Gasteiger partial charge in [-0.25, -0.2) is 4.79 Å². The maximum absolute atomic E-state index is 12.8. The number of hydrogen-bond donors (Lipinski definition) is 3. The second-order valence-corrected chi connectivity index (χ2v) is 9.55. The number of aliphatic hydroxyl groups excluding tert-OH is 1. The fraction of sp³-hybridized carbons (Fsp3) is 0.560. The molecule has 184 valence electrons. The Morgan fingerprint density at radius 2 is 1.97 bits per heavy atom. The number of carbonyl (C=O) groups is 2. The summed E-state index contributed by atoms with van der Waals surface area (Å²) in [5.41, 5.74) is 2.75. The molecule has 0 unspecified atom stereocenters. The summed E-state index contributed by atoms with van der Waals surface area (Å²) in [4.78, 5) is 36.0. The minimum atomic E-state index is -0.833. The molecule has 2 aromatic rings. The summed E-state index contributed by atoms with van der Waals surface area (Å²) in [5, 5.41) is 21.5. The van der Waals surface area contributed by atoms with Gasteiger partial charge in [-0.05, 0) is 56.2 Å². The largest absolute Gasteiger partial charge is 0.483 e. The highest BCUT2D eigenvalue weighted by atomic mass is 16.5. The van der Waals surface area contributed by atoms with Crippen LogP contribution in [0.4, 0.5) is 0 Å². The number of aliphatic hydroxyl groups is 1. The second-order valence-electron chi connectivity index (χ2n) is 9.55. The number of nitrogens with zero attached hydrogens (tertiary/aromatic N) is 1. The number of rotatable bonds is 4. The van der Waals surface area contributed by atoms with E-state index in [-0.39, 0.29) is 36.1 Å². The molecule has 2 atom stereocenters. The van der Waals surface area contributed by atoms with Gasteiger partial charge in [0.2, 0.25) is 0 Å². The molecule has 1 aliphatic carbocycles. The van der Waals surface area contributed by atoms with Crippen LogP contribution >= 0.6 is 0 Å². The highest BCUT2D eigenvalue weighted by Gasteiger charge is 2.50. The molecule has 1 amide bonds. The smallest absolute Gasteiger partial charge is 0.339 e. The van der Waals surface area contributed by atoms with E-state index in [0.29, 0.717) is 24.4 Å². The molecule has 2 aliphatic heterocycles. The summed E-state index contributed by atoms with van der Waals surface area (Å²) in [7, 11) is 0. The molecule has 0 bridgehead atoms. The van der Waals surface area contributed by atoms with E-state index >= 15 is 0 Å². The molecule has 5 rings (SSSR count). The molecule has 2 saturated heterocycles. The van der Waals surface area contributed by atoms with Gasteiger partial charge in [0.25, 0.3) is 11.9 Å². The summed E-state index contributed by atoms with van der Waals surface area (Å²) in [5.74, 6) is -0.0642. The summed E-state index contributed by atoms with van der Waals surface area (Å²) >= 11 is 0. The van der Waals surface area contributed by atoms with Crippen molar-refractivity contribution in [3.63, 3.8) is 0 Å². The average Bonchev–Trinajstić information content (AvgIpc) is 3.37. The van der Waals surface area contributed by atoms with Gasteiger partial charge in [-0.15, -0.1) is 0 Å². The number of fused-ring (bicyclic) bond motifs is 4. The van der Waals surface area contributed by atoms with E-state index in [1.807, 2.05) is 19.1 Å². The normalized spacial score (nSPS) is 23.1. The van der Waals surface area contributed by atoms with Gasteiger partial charge in [-0.3, -0.25) is 9.59 Å². The fourth-order valence-electron chi connectivity index (χ4n) is 5.45. The Bertz CT molecular complexity index is 1150. The Hall–Kier alpha value is -2.91. The van der Waals surface area contributed by atoms with E-state index < -0.39 is 5.97 Å². The SMILES string of the molecule is CC(=O)O.Cc1c(OCC(=O)N2C[C@@H]3CNC[C@]3(CO)C2)ccc2c3c(c(=O)oc12)CCCC3. The van der Waals surface area contributed by atoms with E-state index in [2.05, 4.69) is 5.32 Å². The first-order valence-corrected chi connectivity index (χ1v) is 11.8. The highest BCUT2D eigenvalue weighted by molar-refractivity contribution is 5.86. The van der Waals surface area contributed by atoms with Gasteiger partial charge in [0.15, 0.2) is 6.61 Å². The van der Waals surface area contributed by atoms with Crippen molar-refractivity contribution in [3.8, 4) is 5.75 Å². The number of nitrogens with one attached hydrogen (secondary N) is 1. The van der Waals surface area contributed by atoms with Crippen LogP contribution in [0.15, 0.2) is 21.3 Å². The van der Waals surface area contributed by atoms with Crippen molar-refractivity contribution >= 4 is 22.8 Å². The molecule has 0 saturated carbocycles. The zero-order chi connectivity index (χ0) is 24.5. The van der Waals surface area contributed by atoms with Crippen LogP contribution < -0.4 is 15.7 Å². The number of aryl methyl sites for hydroxylation is 2. The van der Waals surface area contributed by atoms with Gasteiger partial charge < -0.3 is 29.6 Å². The minimum absolute atomic E-state index is 0.0663. The quantitative estimate of drug-likeness (QED) is 0.571. The molecule has 9 heteroatoms. The van der Waals surface area contributed by atoms with Crippen molar-refractivity contribution in [1.82, 2.24) is 10.2 Å². The molecular formula is C25H32N2O7. The lowest BCUT2D eigenvalue weighted by Gasteiger charge is -2.25.